The molecule has 3 N–H and O–H groups in total. The maximum atomic E-state index is 12.6. The second-order valence-electron chi connectivity index (χ2n) is 5.40. The standard InChI is InChI=1S/C16H10Cl2N6O3S/c17-9-3-6-12(11(18)7-9)20-21-14-13(22-23(15(14)25)16(19)28)8-1-4-10(5-2-8)24(26)27/h1-7,20H,(H2,19,28)/b21-14+. The van der Waals surface area contributed by atoms with Crippen LogP contribution in [0.4, 0.5) is 11.4 Å². The molecular formula is C16H10Cl2N6O3S. The Balaban J connectivity index is 1.99. The minimum Gasteiger partial charge on any atom is -0.374 e. The summed E-state index contributed by atoms with van der Waals surface area (Å²) < 4.78 is 0. The van der Waals surface area contributed by atoms with Crippen LogP contribution in [0.2, 0.25) is 10.0 Å². The molecule has 3 rings (SSSR count). The maximum absolute atomic E-state index is 12.6. The second-order valence-corrected chi connectivity index (χ2v) is 6.67. The number of amides is 1. The smallest absolute Gasteiger partial charge is 0.303 e. The van der Waals surface area contributed by atoms with E-state index in [4.69, 9.17) is 41.2 Å². The topological polar surface area (TPSA) is 126 Å². The number of nitrogens with one attached hydrogen (secondary N) is 1. The van der Waals surface area contributed by atoms with Gasteiger partial charge in [0.25, 0.3) is 5.69 Å². The van der Waals surface area contributed by atoms with Crippen molar-refractivity contribution in [3.63, 3.8) is 0 Å². The van der Waals surface area contributed by atoms with E-state index in [0.29, 0.717) is 21.3 Å². The van der Waals surface area contributed by atoms with Crippen molar-refractivity contribution in [1.29, 1.82) is 0 Å². The van der Waals surface area contributed by atoms with Crippen LogP contribution in [0.25, 0.3) is 0 Å². The maximum Gasteiger partial charge on any atom is 0.303 e. The molecule has 0 atom stereocenters. The van der Waals surface area contributed by atoms with Crippen LogP contribution in [0.5, 0.6) is 0 Å². The Labute approximate surface area is 173 Å². The molecule has 28 heavy (non-hydrogen) atoms. The van der Waals surface area contributed by atoms with Crippen molar-refractivity contribution in [2.75, 3.05) is 5.43 Å². The highest BCUT2D eigenvalue weighted by Gasteiger charge is 2.35. The van der Waals surface area contributed by atoms with Gasteiger partial charge >= 0.3 is 5.91 Å². The Bertz CT molecular complexity index is 1050. The van der Waals surface area contributed by atoms with E-state index in [0.717, 1.165) is 5.01 Å². The molecule has 142 valence electrons. The molecule has 0 bridgehead atoms. The third-order valence-corrected chi connectivity index (χ3v) is 4.32. The van der Waals surface area contributed by atoms with Gasteiger partial charge in [-0.3, -0.25) is 20.3 Å². The normalized spacial score (nSPS) is 14.9. The van der Waals surface area contributed by atoms with Crippen LogP contribution < -0.4 is 11.2 Å². The predicted molar refractivity (Wildman–Crippen MR) is 111 cm³/mol. The van der Waals surface area contributed by atoms with E-state index >= 15 is 0 Å². The lowest BCUT2D eigenvalue weighted by Crippen LogP contribution is -2.36. The van der Waals surface area contributed by atoms with Gasteiger partial charge in [0.15, 0.2) is 10.8 Å². The van der Waals surface area contributed by atoms with Gasteiger partial charge in [-0.05, 0) is 42.5 Å². The van der Waals surface area contributed by atoms with Crippen molar-refractivity contribution >= 4 is 69.2 Å². The van der Waals surface area contributed by atoms with Gasteiger partial charge in [0, 0.05) is 22.7 Å². The number of anilines is 1. The summed E-state index contributed by atoms with van der Waals surface area (Å²) in [5, 5.41) is 20.3. The van der Waals surface area contributed by atoms with Crippen molar-refractivity contribution in [1.82, 2.24) is 5.01 Å². The Morgan fingerprint density at radius 1 is 1.25 bits per heavy atom. The first-order chi connectivity index (χ1) is 13.3. The minimum atomic E-state index is -0.654. The number of halogens is 2. The molecule has 12 heteroatoms. The van der Waals surface area contributed by atoms with Crippen LogP contribution in [0.1, 0.15) is 5.56 Å². The molecular weight excluding hydrogens is 427 g/mol. The van der Waals surface area contributed by atoms with Crippen LogP contribution in [-0.2, 0) is 4.79 Å². The number of hydrogen-bond donors (Lipinski definition) is 2. The van der Waals surface area contributed by atoms with Crippen LogP contribution >= 0.6 is 35.4 Å². The highest BCUT2D eigenvalue weighted by Crippen LogP contribution is 2.26. The molecule has 0 saturated carbocycles. The summed E-state index contributed by atoms with van der Waals surface area (Å²) in [5.74, 6) is -0.654. The summed E-state index contributed by atoms with van der Waals surface area (Å²) in [7, 11) is 0. The van der Waals surface area contributed by atoms with Crippen LogP contribution in [-0.4, -0.2) is 32.4 Å². The third-order valence-electron chi connectivity index (χ3n) is 3.60. The number of rotatable bonds is 4. The van der Waals surface area contributed by atoms with Crippen molar-refractivity contribution in [3.8, 4) is 0 Å². The average Bonchev–Trinajstić information content (AvgIpc) is 2.98. The summed E-state index contributed by atoms with van der Waals surface area (Å²) in [5.41, 5.74) is 8.98. The number of nitrogens with zero attached hydrogens (tertiary/aromatic N) is 4. The van der Waals surface area contributed by atoms with Crippen molar-refractivity contribution in [2.45, 2.75) is 0 Å². The van der Waals surface area contributed by atoms with E-state index < -0.39 is 10.8 Å². The van der Waals surface area contributed by atoms with E-state index in [9.17, 15) is 14.9 Å². The third kappa shape index (κ3) is 3.93. The molecule has 0 radical (unpaired) electrons. The van der Waals surface area contributed by atoms with Gasteiger partial charge in [-0.15, -0.1) is 0 Å². The number of carbonyl (C=O) groups is 1. The average molecular weight is 437 g/mol. The molecule has 0 unspecified atom stereocenters. The number of hydrazone groups is 2. The molecule has 1 amide bonds. The van der Waals surface area contributed by atoms with Crippen LogP contribution in [0, 0.1) is 10.1 Å². The van der Waals surface area contributed by atoms with Gasteiger partial charge in [0.05, 0.1) is 15.6 Å². The molecule has 0 saturated heterocycles. The number of nitrogens with two attached hydrogens (primary N) is 1. The summed E-state index contributed by atoms with van der Waals surface area (Å²) in [6.45, 7) is 0. The van der Waals surface area contributed by atoms with Gasteiger partial charge in [-0.2, -0.15) is 15.2 Å². The van der Waals surface area contributed by atoms with E-state index in [2.05, 4.69) is 15.6 Å². The lowest BCUT2D eigenvalue weighted by Gasteiger charge is -2.07. The SMILES string of the molecule is NC(=S)N1N=C(c2ccc([N+](=O)[O-])cc2)/C(=N\Nc2ccc(Cl)cc2Cl)C1=O. The molecule has 1 heterocycles. The van der Waals surface area contributed by atoms with Gasteiger partial charge in [0.2, 0.25) is 0 Å². The fourth-order valence-corrected chi connectivity index (χ4v) is 2.85. The molecule has 2 aromatic carbocycles. The Kier molecular flexibility index (Phi) is 5.54. The monoisotopic (exact) mass is 436 g/mol. The summed E-state index contributed by atoms with van der Waals surface area (Å²) in [6.07, 6.45) is 0. The highest BCUT2D eigenvalue weighted by molar-refractivity contribution is 7.80. The second kappa shape index (κ2) is 7.89. The first-order valence-electron chi connectivity index (χ1n) is 7.54. The zero-order chi connectivity index (χ0) is 20.4. The molecule has 1 aliphatic heterocycles. The molecule has 0 aromatic heterocycles. The largest absolute Gasteiger partial charge is 0.374 e. The van der Waals surface area contributed by atoms with E-state index in [1.165, 1.54) is 30.3 Å². The number of nitro benzene ring substituents is 1. The number of nitro groups is 1. The number of hydrogen-bond acceptors (Lipinski definition) is 7. The van der Waals surface area contributed by atoms with Gasteiger partial charge in [0.1, 0.15) is 5.71 Å². The van der Waals surface area contributed by atoms with Gasteiger partial charge < -0.3 is 5.73 Å². The van der Waals surface area contributed by atoms with Crippen molar-refractivity contribution in [2.24, 2.45) is 15.9 Å². The summed E-state index contributed by atoms with van der Waals surface area (Å²) >= 11 is 16.8. The van der Waals surface area contributed by atoms with E-state index in [1.807, 2.05) is 0 Å². The van der Waals surface area contributed by atoms with Gasteiger partial charge in [-0.25, -0.2) is 0 Å². The quantitative estimate of drug-likeness (QED) is 0.430. The lowest BCUT2D eigenvalue weighted by atomic mass is 10.1. The zero-order valence-corrected chi connectivity index (χ0v) is 16.1. The van der Waals surface area contributed by atoms with E-state index in [1.54, 1.807) is 12.1 Å². The number of benzene rings is 2. The number of thiocarbonyl (C=S) groups is 1. The Morgan fingerprint density at radius 2 is 1.93 bits per heavy atom. The minimum absolute atomic E-state index is 0.0901. The molecule has 1 aliphatic rings. The van der Waals surface area contributed by atoms with Crippen LogP contribution in [0.3, 0.4) is 0 Å². The fourth-order valence-electron chi connectivity index (χ4n) is 2.28. The number of carbonyl (C=O) groups excluding carboxylic acids is 1. The zero-order valence-electron chi connectivity index (χ0n) is 13.8. The molecule has 0 aliphatic carbocycles. The lowest BCUT2D eigenvalue weighted by molar-refractivity contribution is -0.384. The first-order valence-corrected chi connectivity index (χ1v) is 8.71. The predicted octanol–water partition coefficient (Wildman–Crippen LogP) is 3.16. The van der Waals surface area contributed by atoms with Gasteiger partial charge in [-0.1, -0.05) is 23.2 Å². The summed E-state index contributed by atoms with van der Waals surface area (Å²) in [4.78, 5) is 22.9. The molecule has 0 fully saturated rings. The van der Waals surface area contributed by atoms with E-state index in [-0.39, 0.29) is 22.2 Å². The summed E-state index contributed by atoms with van der Waals surface area (Å²) in [6, 6.07) is 10.1. The van der Waals surface area contributed by atoms with Crippen molar-refractivity contribution < 1.29 is 9.72 Å². The molecule has 9 nitrogen and oxygen atoms in total. The molecule has 0 spiro atoms. The Hall–Kier alpha value is -3.08. The first kappa shape index (κ1) is 19.7. The highest BCUT2D eigenvalue weighted by atomic mass is 35.5. The fraction of sp³-hybridized carbons (Fsp3) is 0. The molecule has 2 aromatic rings. The number of non-ortho nitro benzene ring substituents is 1. The Morgan fingerprint density at radius 3 is 2.50 bits per heavy atom. The van der Waals surface area contributed by atoms with Crippen molar-refractivity contribution in [3.05, 3.63) is 68.2 Å². The van der Waals surface area contributed by atoms with Crippen LogP contribution in [0.15, 0.2) is 52.7 Å².